The van der Waals surface area contributed by atoms with E-state index in [1.54, 1.807) is 0 Å². The average Bonchev–Trinajstić information content (AvgIpc) is 2.40. The molecule has 0 amide bonds. The van der Waals surface area contributed by atoms with Crippen LogP contribution in [0.2, 0.25) is 0 Å². The van der Waals surface area contributed by atoms with Crippen molar-refractivity contribution in [2.45, 2.75) is 33.1 Å². The van der Waals surface area contributed by atoms with Crippen LogP contribution in [0.3, 0.4) is 0 Å². The number of hydrogen-bond donors (Lipinski definition) is 0. The summed E-state index contributed by atoms with van der Waals surface area (Å²) in [4.78, 5) is 2.91. The topological polar surface area (TPSA) is 0 Å². The van der Waals surface area contributed by atoms with Crippen LogP contribution in [0.15, 0.2) is 12.1 Å². The van der Waals surface area contributed by atoms with E-state index >= 15 is 0 Å². The van der Waals surface area contributed by atoms with Crippen molar-refractivity contribution in [3.63, 3.8) is 0 Å². The largest absolute Gasteiger partial charge is 0.140 e. The summed E-state index contributed by atoms with van der Waals surface area (Å²) < 4.78 is 2.90. The summed E-state index contributed by atoms with van der Waals surface area (Å²) in [5.41, 5.74) is 0.303. The highest BCUT2D eigenvalue weighted by molar-refractivity contribution is 7.27. The summed E-state index contributed by atoms with van der Waals surface area (Å²) >= 11 is 3.83. The Bertz CT molecular complexity index is 395. The van der Waals surface area contributed by atoms with Gasteiger partial charge < -0.3 is 0 Å². The van der Waals surface area contributed by atoms with Crippen molar-refractivity contribution in [1.82, 2.24) is 0 Å². The number of aryl methyl sites for hydroxylation is 1. The molecule has 0 aromatic carbocycles. The smallest absolute Gasteiger partial charge is 0.0456 e. The van der Waals surface area contributed by atoms with Crippen molar-refractivity contribution in [2.75, 3.05) is 0 Å². The first-order chi connectivity index (χ1) is 5.97. The Morgan fingerprint density at radius 2 is 1.62 bits per heavy atom. The molecule has 2 heteroatoms. The predicted octanol–water partition coefficient (Wildman–Crippen LogP) is 4.57. The SMILES string of the molecule is Cc1cc2sc(C(C)(C)C)cc2s1. The molecule has 0 fully saturated rings. The molecular formula is C11H14S2. The van der Waals surface area contributed by atoms with Crippen molar-refractivity contribution >= 4 is 32.1 Å². The van der Waals surface area contributed by atoms with Crippen molar-refractivity contribution in [3.05, 3.63) is 21.9 Å². The number of rotatable bonds is 0. The zero-order valence-electron chi connectivity index (χ0n) is 8.47. The zero-order chi connectivity index (χ0) is 9.64. The summed E-state index contributed by atoms with van der Waals surface area (Å²) in [6, 6.07) is 4.64. The van der Waals surface area contributed by atoms with Crippen LogP contribution in [0.4, 0.5) is 0 Å². The predicted molar refractivity (Wildman–Crippen MR) is 63.1 cm³/mol. The van der Waals surface area contributed by atoms with Crippen molar-refractivity contribution < 1.29 is 0 Å². The Labute approximate surface area is 87.2 Å². The molecule has 0 saturated carbocycles. The van der Waals surface area contributed by atoms with Gasteiger partial charge in [0.25, 0.3) is 0 Å². The highest BCUT2D eigenvalue weighted by atomic mass is 32.1. The molecule has 2 aromatic heterocycles. The average molecular weight is 210 g/mol. The fraction of sp³-hybridized carbons (Fsp3) is 0.455. The van der Waals surface area contributed by atoms with Gasteiger partial charge in [-0.3, -0.25) is 0 Å². The van der Waals surface area contributed by atoms with Gasteiger partial charge in [-0.1, -0.05) is 20.8 Å². The first kappa shape index (κ1) is 9.22. The van der Waals surface area contributed by atoms with Crippen LogP contribution in [0.25, 0.3) is 9.40 Å². The van der Waals surface area contributed by atoms with Gasteiger partial charge in [0.2, 0.25) is 0 Å². The third-order valence-electron chi connectivity index (χ3n) is 2.07. The fourth-order valence-corrected chi connectivity index (χ4v) is 3.70. The molecule has 0 aliphatic heterocycles. The van der Waals surface area contributed by atoms with Gasteiger partial charge >= 0.3 is 0 Å². The lowest BCUT2D eigenvalue weighted by Crippen LogP contribution is -2.07. The van der Waals surface area contributed by atoms with Crippen LogP contribution in [0, 0.1) is 6.92 Å². The molecule has 0 saturated heterocycles. The first-order valence-electron chi connectivity index (χ1n) is 4.47. The second kappa shape index (κ2) is 2.82. The van der Waals surface area contributed by atoms with E-state index in [2.05, 4.69) is 39.8 Å². The Kier molecular flexibility index (Phi) is 2.00. The molecule has 0 nitrogen and oxygen atoms in total. The molecule has 0 bridgehead atoms. The van der Waals surface area contributed by atoms with Gasteiger partial charge in [0, 0.05) is 19.2 Å². The molecular weight excluding hydrogens is 196 g/mol. The quantitative estimate of drug-likeness (QED) is 0.597. The van der Waals surface area contributed by atoms with E-state index in [9.17, 15) is 0 Å². The van der Waals surface area contributed by atoms with Gasteiger partial charge in [0.15, 0.2) is 0 Å². The van der Waals surface area contributed by atoms with Crippen LogP contribution in [0.1, 0.15) is 30.5 Å². The molecule has 0 aliphatic carbocycles. The van der Waals surface area contributed by atoms with Gasteiger partial charge in [-0.15, -0.1) is 22.7 Å². The minimum atomic E-state index is 0.303. The molecule has 0 atom stereocenters. The van der Waals surface area contributed by atoms with E-state index in [-0.39, 0.29) is 0 Å². The van der Waals surface area contributed by atoms with Crippen molar-refractivity contribution in [1.29, 1.82) is 0 Å². The standard InChI is InChI=1S/C11H14S2/c1-7-5-8-9(12-7)6-10(13-8)11(2,3)4/h5-6H,1-4H3. The van der Waals surface area contributed by atoms with Crippen LogP contribution < -0.4 is 0 Å². The lowest BCUT2D eigenvalue weighted by atomic mass is 9.95. The van der Waals surface area contributed by atoms with Crippen LogP contribution in [-0.2, 0) is 5.41 Å². The van der Waals surface area contributed by atoms with Crippen molar-refractivity contribution in [2.24, 2.45) is 0 Å². The molecule has 0 spiro atoms. The summed E-state index contributed by atoms with van der Waals surface area (Å²) in [6.07, 6.45) is 0. The highest BCUT2D eigenvalue weighted by Gasteiger charge is 2.17. The number of thiophene rings is 2. The summed E-state index contributed by atoms with van der Waals surface area (Å²) in [5.74, 6) is 0. The van der Waals surface area contributed by atoms with Gasteiger partial charge in [0.1, 0.15) is 0 Å². The molecule has 0 aliphatic rings. The number of hydrogen-bond acceptors (Lipinski definition) is 2. The minimum Gasteiger partial charge on any atom is -0.140 e. The zero-order valence-corrected chi connectivity index (χ0v) is 10.1. The first-order valence-corrected chi connectivity index (χ1v) is 6.10. The van der Waals surface area contributed by atoms with Gasteiger partial charge in [-0.05, 0) is 24.5 Å². The molecule has 0 N–H and O–H groups in total. The molecule has 0 unspecified atom stereocenters. The second-order valence-corrected chi connectivity index (χ2v) is 6.82. The Balaban J connectivity index is 2.57. The van der Waals surface area contributed by atoms with Gasteiger partial charge in [0.05, 0.1) is 0 Å². The van der Waals surface area contributed by atoms with Crippen molar-refractivity contribution in [3.8, 4) is 0 Å². The molecule has 2 heterocycles. The monoisotopic (exact) mass is 210 g/mol. The molecule has 2 aromatic rings. The Morgan fingerprint density at radius 3 is 2.15 bits per heavy atom. The molecule has 13 heavy (non-hydrogen) atoms. The fourth-order valence-electron chi connectivity index (χ4n) is 1.33. The summed E-state index contributed by atoms with van der Waals surface area (Å²) in [7, 11) is 0. The normalized spacial score (nSPS) is 12.6. The third-order valence-corrected chi connectivity index (χ3v) is 4.70. The van der Waals surface area contributed by atoms with E-state index in [1.165, 1.54) is 19.2 Å². The van der Waals surface area contributed by atoms with E-state index < -0.39 is 0 Å². The maximum Gasteiger partial charge on any atom is 0.0456 e. The lowest BCUT2D eigenvalue weighted by Gasteiger charge is -2.14. The molecule has 0 radical (unpaired) electrons. The van der Waals surface area contributed by atoms with Gasteiger partial charge in [-0.25, -0.2) is 0 Å². The number of fused-ring (bicyclic) bond motifs is 1. The van der Waals surface area contributed by atoms with Gasteiger partial charge in [-0.2, -0.15) is 0 Å². The maximum absolute atomic E-state index is 2.34. The van der Waals surface area contributed by atoms with E-state index in [0.29, 0.717) is 5.41 Å². The van der Waals surface area contributed by atoms with Crippen LogP contribution in [0.5, 0.6) is 0 Å². The van der Waals surface area contributed by atoms with E-state index in [4.69, 9.17) is 0 Å². The van der Waals surface area contributed by atoms with E-state index in [0.717, 1.165) is 0 Å². The molecule has 70 valence electrons. The highest BCUT2D eigenvalue weighted by Crippen LogP contribution is 2.38. The third kappa shape index (κ3) is 1.65. The summed E-state index contributed by atoms with van der Waals surface area (Å²) in [6.45, 7) is 8.99. The maximum atomic E-state index is 2.34. The van der Waals surface area contributed by atoms with E-state index in [1.807, 2.05) is 22.7 Å². The Hall–Kier alpha value is -0.340. The lowest BCUT2D eigenvalue weighted by molar-refractivity contribution is 0.604. The summed E-state index contributed by atoms with van der Waals surface area (Å²) in [5, 5.41) is 0. The van der Waals surface area contributed by atoms with Crippen LogP contribution >= 0.6 is 22.7 Å². The molecule has 2 rings (SSSR count). The van der Waals surface area contributed by atoms with Crippen LogP contribution in [-0.4, -0.2) is 0 Å². The second-order valence-electron chi connectivity index (χ2n) is 4.45. The minimum absolute atomic E-state index is 0.303. The Morgan fingerprint density at radius 1 is 1.00 bits per heavy atom.